The van der Waals surface area contributed by atoms with Crippen molar-refractivity contribution in [3.63, 3.8) is 0 Å². The lowest BCUT2D eigenvalue weighted by molar-refractivity contribution is -0.196. The van der Waals surface area contributed by atoms with Crippen molar-refractivity contribution in [3.05, 3.63) is 0 Å². The van der Waals surface area contributed by atoms with Gasteiger partial charge in [-0.1, -0.05) is 6.92 Å². The van der Waals surface area contributed by atoms with E-state index in [1.165, 1.54) is 0 Å². The first-order valence-corrected chi connectivity index (χ1v) is 5.97. The molecule has 1 atom stereocenters. The van der Waals surface area contributed by atoms with Crippen LogP contribution in [0.1, 0.15) is 54.4 Å². The number of methoxy groups -OCH3 is 1. The summed E-state index contributed by atoms with van der Waals surface area (Å²) in [5, 5.41) is 9.37. The lowest BCUT2D eigenvalue weighted by Crippen LogP contribution is -2.49. The van der Waals surface area contributed by atoms with Crippen molar-refractivity contribution in [2.75, 3.05) is 7.11 Å². The molecule has 0 radical (unpaired) electrons. The van der Waals surface area contributed by atoms with Gasteiger partial charge in [0.15, 0.2) is 5.60 Å². The predicted octanol–water partition coefficient (Wildman–Crippen LogP) is 2.85. The average molecular weight is 246 g/mol. The Hall–Kier alpha value is -0.610. The van der Waals surface area contributed by atoms with E-state index >= 15 is 0 Å². The second-order valence-electron chi connectivity index (χ2n) is 5.89. The number of hydrogen-bond acceptors (Lipinski definition) is 3. The van der Waals surface area contributed by atoms with Crippen molar-refractivity contribution in [2.24, 2.45) is 0 Å². The molecule has 0 aliphatic heterocycles. The van der Waals surface area contributed by atoms with Gasteiger partial charge < -0.3 is 14.6 Å². The summed E-state index contributed by atoms with van der Waals surface area (Å²) in [4.78, 5) is 11.4. The Morgan fingerprint density at radius 1 is 1.12 bits per heavy atom. The van der Waals surface area contributed by atoms with Crippen LogP contribution in [0, 0.1) is 0 Å². The van der Waals surface area contributed by atoms with Gasteiger partial charge in [0, 0.05) is 13.5 Å². The molecule has 1 unspecified atom stereocenters. The highest BCUT2D eigenvalue weighted by atomic mass is 16.5. The summed E-state index contributed by atoms with van der Waals surface area (Å²) >= 11 is 0. The maximum Gasteiger partial charge on any atom is 0.335 e. The van der Waals surface area contributed by atoms with E-state index in [0.29, 0.717) is 6.42 Å². The highest BCUT2D eigenvalue weighted by molar-refractivity contribution is 5.77. The topological polar surface area (TPSA) is 55.8 Å². The zero-order valence-electron chi connectivity index (χ0n) is 12.1. The van der Waals surface area contributed by atoms with E-state index in [-0.39, 0.29) is 0 Å². The molecule has 0 aliphatic rings. The molecular formula is C13H26O4. The molecule has 0 fully saturated rings. The van der Waals surface area contributed by atoms with Crippen molar-refractivity contribution in [1.29, 1.82) is 0 Å². The lowest BCUT2D eigenvalue weighted by Gasteiger charge is -2.39. The largest absolute Gasteiger partial charge is 0.479 e. The molecule has 0 aliphatic carbocycles. The standard InChI is InChI=1S/C13H26O4/c1-8-11(2,3)17-13(6,10(14)15)9-12(4,5)16-7/h8-9H2,1-7H3,(H,14,15). The Balaban J connectivity index is 5.00. The molecule has 102 valence electrons. The Labute approximate surface area is 104 Å². The minimum atomic E-state index is -1.24. The second-order valence-corrected chi connectivity index (χ2v) is 5.89. The van der Waals surface area contributed by atoms with Gasteiger partial charge in [-0.3, -0.25) is 0 Å². The van der Waals surface area contributed by atoms with Crippen molar-refractivity contribution in [1.82, 2.24) is 0 Å². The lowest BCUT2D eigenvalue weighted by atomic mass is 9.89. The normalized spacial score (nSPS) is 16.6. The Bertz CT molecular complexity index is 251. The molecule has 1 N–H and O–H groups in total. The summed E-state index contributed by atoms with van der Waals surface area (Å²) in [6.45, 7) is 11.1. The summed E-state index contributed by atoms with van der Waals surface area (Å²) in [5.74, 6) is -0.954. The first-order valence-electron chi connectivity index (χ1n) is 5.97. The molecule has 0 aromatic carbocycles. The quantitative estimate of drug-likeness (QED) is 0.750. The second kappa shape index (κ2) is 5.36. The molecule has 0 aromatic rings. The minimum Gasteiger partial charge on any atom is -0.479 e. The zero-order valence-corrected chi connectivity index (χ0v) is 12.1. The smallest absolute Gasteiger partial charge is 0.335 e. The monoisotopic (exact) mass is 246 g/mol. The van der Waals surface area contributed by atoms with Gasteiger partial charge in [0.05, 0.1) is 11.2 Å². The van der Waals surface area contributed by atoms with Crippen LogP contribution in [-0.2, 0) is 14.3 Å². The fraction of sp³-hybridized carbons (Fsp3) is 0.923. The summed E-state index contributed by atoms with van der Waals surface area (Å²) in [6.07, 6.45) is 1.05. The van der Waals surface area contributed by atoms with Gasteiger partial charge in [-0.25, -0.2) is 4.79 Å². The molecule has 0 saturated heterocycles. The van der Waals surface area contributed by atoms with Gasteiger partial charge in [0.1, 0.15) is 0 Å². The van der Waals surface area contributed by atoms with Crippen LogP contribution in [0.25, 0.3) is 0 Å². The third-order valence-corrected chi connectivity index (χ3v) is 3.12. The fourth-order valence-corrected chi connectivity index (χ4v) is 1.72. The molecule has 0 aromatic heterocycles. The first kappa shape index (κ1) is 16.4. The summed E-state index contributed by atoms with van der Waals surface area (Å²) in [5.41, 5.74) is -2.23. The zero-order chi connectivity index (χ0) is 13.9. The average Bonchev–Trinajstić information content (AvgIpc) is 2.16. The van der Waals surface area contributed by atoms with Crippen molar-refractivity contribution in [2.45, 2.75) is 71.2 Å². The van der Waals surface area contributed by atoms with Crippen molar-refractivity contribution >= 4 is 5.97 Å². The van der Waals surface area contributed by atoms with Gasteiger partial charge in [-0.05, 0) is 41.0 Å². The molecule has 4 nitrogen and oxygen atoms in total. The van der Waals surface area contributed by atoms with Gasteiger partial charge in [0.25, 0.3) is 0 Å². The maximum absolute atomic E-state index is 11.4. The molecule has 0 spiro atoms. The molecule has 17 heavy (non-hydrogen) atoms. The molecule has 0 bridgehead atoms. The number of rotatable bonds is 7. The summed E-state index contributed by atoms with van der Waals surface area (Å²) in [7, 11) is 1.58. The molecular weight excluding hydrogens is 220 g/mol. The van der Waals surface area contributed by atoms with Crippen LogP contribution in [0.15, 0.2) is 0 Å². The van der Waals surface area contributed by atoms with Crippen molar-refractivity contribution in [3.8, 4) is 0 Å². The van der Waals surface area contributed by atoms with Crippen LogP contribution >= 0.6 is 0 Å². The van der Waals surface area contributed by atoms with Crippen LogP contribution < -0.4 is 0 Å². The maximum atomic E-state index is 11.4. The highest BCUT2D eigenvalue weighted by Crippen LogP contribution is 2.31. The van der Waals surface area contributed by atoms with Crippen LogP contribution in [0.5, 0.6) is 0 Å². The number of carboxylic acids is 1. The third kappa shape index (κ3) is 5.04. The van der Waals surface area contributed by atoms with Gasteiger partial charge >= 0.3 is 5.97 Å². The fourth-order valence-electron chi connectivity index (χ4n) is 1.72. The minimum absolute atomic E-state index is 0.301. The van der Waals surface area contributed by atoms with E-state index in [4.69, 9.17) is 9.47 Å². The van der Waals surface area contributed by atoms with E-state index in [2.05, 4.69) is 0 Å². The molecule has 0 rings (SSSR count). The van der Waals surface area contributed by atoms with E-state index in [0.717, 1.165) is 6.42 Å². The van der Waals surface area contributed by atoms with E-state index < -0.39 is 22.8 Å². The van der Waals surface area contributed by atoms with E-state index in [1.807, 2.05) is 34.6 Å². The van der Waals surface area contributed by atoms with Crippen LogP contribution in [0.3, 0.4) is 0 Å². The van der Waals surface area contributed by atoms with Crippen molar-refractivity contribution < 1.29 is 19.4 Å². The van der Waals surface area contributed by atoms with Crippen LogP contribution in [0.4, 0.5) is 0 Å². The predicted molar refractivity (Wildman–Crippen MR) is 67.2 cm³/mol. The number of ether oxygens (including phenoxy) is 2. The van der Waals surface area contributed by atoms with Crippen LogP contribution in [-0.4, -0.2) is 35.0 Å². The Morgan fingerprint density at radius 3 is 1.88 bits per heavy atom. The van der Waals surface area contributed by atoms with E-state index in [1.54, 1.807) is 14.0 Å². The number of hydrogen-bond donors (Lipinski definition) is 1. The number of carbonyl (C=O) groups is 1. The van der Waals surface area contributed by atoms with E-state index in [9.17, 15) is 9.90 Å². The SMILES string of the molecule is CCC(C)(C)OC(C)(CC(C)(C)OC)C(=O)O. The summed E-state index contributed by atoms with van der Waals surface area (Å²) < 4.78 is 11.1. The molecule has 0 saturated carbocycles. The molecule has 0 amide bonds. The van der Waals surface area contributed by atoms with Gasteiger partial charge in [0.2, 0.25) is 0 Å². The number of carboxylic acid groups (broad SMARTS) is 1. The summed E-state index contributed by atoms with van der Waals surface area (Å²) in [6, 6.07) is 0. The van der Waals surface area contributed by atoms with Gasteiger partial charge in [-0.15, -0.1) is 0 Å². The molecule has 0 heterocycles. The molecule has 4 heteroatoms. The van der Waals surface area contributed by atoms with Crippen LogP contribution in [0.2, 0.25) is 0 Å². The first-order chi connectivity index (χ1) is 7.48. The Morgan fingerprint density at radius 2 is 1.59 bits per heavy atom. The van der Waals surface area contributed by atoms with Gasteiger partial charge in [-0.2, -0.15) is 0 Å². The highest BCUT2D eigenvalue weighted by Gasteiger charge is 2.43. The third-order valence-electron chi connectivity index (χ3n) is 3.12. The Kier molecular flexibility index (Phi) is 5.16. The number of aliphatic carboxylic acids is 1.